The molecule has 3 nitrogen and oxygen atoms in total. The Labute approximate surface area is 98.4 Å². The van der Waals surface area contributed by atoms with Crippen LogP contribution in [0.3, 0.4) is 0 Å². The van der Waals surface area contributed by atoms with E-state index in [9.17, 15) is 13.6 Å². The first-order chi connectivity index (χ1) is 8.22. The summed E-state index contributed by atoms with van der Waals surface area (Å²) in [6.07, 6.45) is 0. The van der Waals surface area contributed by atoms with Gasteiger partial charge < -0.3 is 10.2 Å². The fourth-order valence-electron chi connectivity index (χ4n) is 1.90. The Balaban J connectivity index is 2.25. The van der Waals surface area contributed by atoms with Crippen LogP contribution in [0.4, 0.5) is 8.78 Å². The van der Waals surface area contributed by atoms with Crippen LogP contribution in [0.2, 0.25) is 0 Å². The zero-order chi connectivity index (χ0) is 12.3. The van der Waals surface area contributed by atoms with Gasteiger partial charge in [0.05, 0.1) is 0 Å². The normalized spacial score (nSPS) is 16.0. The summed E-state index contributed by atoms with van der Waals surface area (Å²) >= 11 is 0. The minimum absolute atomic E-state index is 0.134. The van der Waals surface area contributed by atoms with Crippen molar-refractivity contribution in [2.45, 2.75) is 6.67 Å². The Bertz CT molecular complexity index is 417. The van der Waals surface area contributed by atoms with Crippen LogP contribution >= 0.6 is 0 Å². The van der Waals surface area contributed by atoms with Gasteiger partial charge in [0.2, 0.25) is 0 Å². The van der Waals surface area contributed by atoms with Crippen molar-refractivity contribution in [1.29, 1.82) is 0 Å². The van der Waals surface area contributed by atoms with E-state index in [1.54, 1.807) is 4.90 Å². The molecule has 1 aliphatic heterocycles. The lowest BCUT2D eigenvalue weighted by Crippen LogP contribution is -2.46. The zero-order valence-corrected chi connectivity index (χ0v) is 9.38. The molecule has 0 unspecified atom stereocenters. The second-order valence-electron chi connectivity index (χ2n) is 3.98. The number of amides is 1. The first-order valence-corrected chi connectivity index (χ1v) is 5.57. The van der Waals surface area contributed by atoms with Crippen LogP contribution in [-0.2, 0) is 6.67 Å². The molecule has 0 saturated carbocycles. The molecule has 2 rings (SSSR count). The van der Waals surface area contributed by atoms with Gasteiger partial charge in [0, 0.05) is 31.7 Å². The Hall–Kier alpha value is -1.49. The molecular formula is C12H14F2N2O. The van der Waals surface area contributed by atoms with Crippen LogP contribution in [-0.4, -0.2) is 37.0 Å². The van der Waals surface area contributed by atoms with Crippen molar-refractivity contribution in [3.8, 4) is 0 Å². The van der Waals surface area contributed by atoms with Gasteiger partial charge in [-0.15, -0.1) is 0 Å². The Kier molecular flexibility index (Phi) is 3.68. The molecule has 1 aromatic carbocycles. The van der Waals surface area contributed by atoms with E-state index in [0.29, 0.717) is 26.2 Å². The van der Waals surface area contributed by atoms with Crippen LogP contribution in [0.5, 0.6) is 0 Å². The van der Waals surface area contributed by atoms with Crippen molar-refractivity contribution in [2.24, 2.45) is 0 Å². The van der Waals surface area contributed by atoms with Crippen molar-refractivity contribution in [3.05, 3.63) is 35.1 Å². The highest BCUT2D eigenvalue weighted by Gasteiger charge is 2.20. The van der Waals surface area contributed by atoms with Crippen molar-refractivity contribution < 1.29 is 13.6 Å². The summed E-state index contributed by atoms with van der Waals surface area (Å²) in [7, 11) is 0. The predicted molar refractivity (Wildman–Crippen MR) is 60.0 cm³/mol. The minimum atomic E-state index is -0.757. The summed E-state index contributed by atoms with van der Waals surface area (Å²) in [6, 6.07) is 3.60. The van der Waals surface area contributed by atoms with Gasteiger partial charge in [-0.25, -0.2) is 8.78 Å². The number of carbonyl (C=O) groups is 1. The molecule has 1 saturated heterocycles. The molecule has 1 heterocycles. The van der Waals surface area contributed by atoms with Crippen LogP contribution in [0.15, 0.2) is 18.2 Å². The molecule has 5 heteroatoms. The molecule has 1 amide bonds. The number of rotatable bonds is 2. The van der Waals surface area contributed by atoms with Gasteiger partial charge in [-0.05, 0) is 17.7 Å². The maximum Gasteiger partial charge on any atom is 0.254 e. The summed E-state index contributed by atoms with van der Waals surface area (Å²) < 4.78 is 25.8. The molecular weight excluding hydrogens is 226 g/mol. The van der Waals surface area contributed by atoms with Gasteiger partial charge in [-0.3, -0.25) is 4.79 Å². The second kappa shape index (κ2) is 5.23. The van der Waals surface area contributed by atoms with E-state index >= 15 is 0 Å². The van der Waals surface area contributed by atoms with Gasteiger partial charge in [0.15, 0.2) is 0 Å². The minimum Gasteiger partial charge on any atom is -0.336 e. The predicted octanol–water partition coefficient (Wildman–Crippen LogP) is 1.34. The lowest BCUT2D eigenvalue weighted by Gasteiger charge is -2.28. The highest BCUT2D eigenvalue weighted by Crippen LogP contribution is 2.15. The number of hydrogen-bond donors (Lipinski definition) is 1. The van der Waals surface area contributed by atoms with E-state index in [4.69, 9.17) is 0 Å². The number of nitrogens with one attached hydrogen (secondary N) is 1. The first-order valence-electron chi connectivity index (χ1n) is 5.57. The third-order valence-corrected chi connectivity index (χ3v) is 2.85. The highest BCUT2D eigenvalue weighted by atomic mass is 19.1. The lowest BCUT2D eigenvalue weighted by atomic mass is 10.1. The summed E-state index contributed by atoms with van der Waals surface area (Å²) in [5, 5.41) is 3.12. The summed E-state index contributed by atoms with van der Waals surface area (Å²) in [5.41, 5.74) is 0.379. The van der Waals surface area contributed by atoms with E-state index in [0.717, 1.165) is 6.07 Å². The maximum atomic E-state index is 13.1. The van der Waals surface area contributed by atoms with Crippen LogP contribution in [0.25, 0.3) is 0 Å². The van der Waals surface area contributed by atoms with Crippen molar-refractivity contribution in [3.63, 3.8) is 0 Å². The standard InChI is InChI=1S/C12H14F2N2O/c13-8-9-1-2-10(14)7-11(9)12(17)16-5-3-15-4-6-16/h1-2,7,15H,3-6,8H2. The summed E-state index contributed by atoms with van der Waals surface area (Å²) in [4.78, 5) is 13.7. The van der Waals surface area contributed by atoms with Crippen LogP contribution < -0.4 is 5.32 Å². The van der Waals surface area contributed by atoms with Crippen LogP contribution in [0.1, 0.15) is 15.9 Å². The fraction of sp³-hybridized carbons (Fsp3) is 0.417. The van der Waals surface area contributed by atoms with Crippen molar-refractivity contribution in [2.75, 3.05) is 26.2 Å². The number of alkyl halides is 1. The average molecular weight is 240 g/mol. The Morgan fingerprint density at radius 3 is 2.71 bits per heavy atom. The molecule has 92 valence electrons. The molecule has 1 fully saturated rings. The van der Waals surface area contributed by atoms with Crippen LogP contribution in [0, 0.1) is 5.82 Å². The highest BCUT2D eigenvalue weighted by molar-refractivity contribution is 5.95. The number of carbonyl (C=O) groups excluding carboxylic acids is 1. The number of nitrogens with zero attached hydrogens (tertiary/aromatic N) is 1. The van der Waals surface area contributed by atoms with Gasteiger partial charge in [0.1, 0.15) is 12.5 Å². The van der Waals surface area contributed by atoms with Crippen molar-refractivity contribution in [1.82, 2.24) is 10.2 Å². The molecule has 0 bridgehead atoms. The topological polar surface area (TPSA) is 32.3 Å². The average Bonchev–Trinajstić information content (AvgIpc) is 2.39. The molecule has 1 N–H and O–H groups in total. The van der Waals surface area contributed by atoms with Gasteiger partial charge >= 0.3 is 0 Å². The second-order valence-corrected chi connectivity index (χ2v) is 3.98. The molecule has 0 aromatic heterocycles. The van der Waals surface area contributed by atoms with Gasteiger partial charge in [-0.1, -0.05) is 6.07 Å². The monoisotopic (exact) mass is 240 g/mol. The number of benzene rings is 1. The van der Waals surface area contributed by atoms with E-state index in [1.165, 1.54) is 12.1 Å². The molecule has 0 spiro atoms. The van der Waals surface area contributed by atoms with E-state index < -0.39 is 12.5 Å². The fourth-order valence-corrected chi connectivity index (χ4v) is 1.90. The molecule has 0 atom stereocenters. The number of halogens is 2. The SMILES string of the molecule is O=C(c1cc(F)ccc1CF)N1CCNCC1. The van der Waals surface area contributed by atoms with Gasteiger partial charge in [-0.2, -0.15) is 0 Å². The molecule has 0 radical (unpaired) electrons. The Morgan fingerprint density at radius 2 is 2.06 bits per heavy atom. The summed E-state index contributed by atoms with van der Waals surface area (Å²) in [6.45, 7) is 1.81. The molecule has 1 aliphatic rings. The Morgan fingerprint density at radius 1 is 1.35 bits per heavy atom. The quantitative estimate of drug-likeness (QED) is 0.846. The summed E-state index contributed by atoms with van der Waals surface area (Å²) in [5.74, 6) is -0.806. The van der Waals surface area contributed by atoms with Crippen molar-refractivity contribution >= 4 is 5.91 Å². The third kappa shape index (κ3) is 2.61. The molecule has 1 aromatic rings. The third-order valence-electron chi connectivity index (χ3n) is 2.85. The lowest BCUT2D eigenvalue weighted by molar-refractivity contribution is 0.0733. The largest absolute Gasteiger partial charge is 0.336 e. The smallest absolute Gasteiger partial charge is 0.254 e. The molecule has 0 aliphatic carbocycles. The molecule has 17 heavy (non-hydrogen) atoms. The van der Waals surface area contributed by atoms with E-state index in [1.807, 2.05) is 0 Å². The number of hydrogen-bond acceptors (Lipinski definition) is 2. The van der Waals surface area contributed by atoms with E-state index in [-0.39, 0.29) is 17.0 Å². The zero-order valence-electron chi connectivity index (χ0n) is 9.38. The van der Waals surface area contributed by atoms with Gasteiger partial charge in [0.25, 0.3) is 5.91 Å². The van der Waals surface area contributed by atoms with E-state index in [2.05, 4.69) is 5.32 Å². The first kappa shape index (κ1) is 12.0. The number of piperazine rings is 1. The maximum absolute atomic E-state index is 13.1.